The molecule has 2 unspecified atom stereocenters. The Balaban J connectivity index is 1.72. The standard InChI is InChI=1S/C19H20N4O2S/c1-13-11-22(12-14(2)25-13)19(24)17-20-18(16-9-6-10-26-16)23(21-17)15-7-4-3-5-8-15/h3-10,13-14H,11-12H2,1-2H3. The van der Waals surface area contributed by atoms with Crippen LogP contribution in [0, 0.1) is 0 Å². The van der Waals surface area contributed by atoms with Crippen molar-refractivity contribution < 1.29 is 9.53 Å². The van der Waals surface area contributed by atoms with Crippen LogP contribution in [0.5, 0.6) is 0 Å². The fraction of sp³-hybridized carbons (Fsp3) is 0.316. The Labute approximate surface area is 156 Å². The fourth-order valence-electron chi connectivity index (χ4n) is 3.20. The lowest BCUT2D eigenvalue weighted by Gasteiger charge is -2.34. The molecule has 1 aliphatic heterocycles. The van der Waals surface area contributed by atoms with Crippen molar-refractivity contribution in [2.75, 3.05) is 13.1 Å². The quantitative estimate of drug-likeness (QED) is 0.712. The summed E-state index contributed by atoms with van der Waals surface area (Å²) in [6.07, 6.45) is 0.0198. The molecule has 0 aliphatic carbocycles. The van der Waals surface area contributed by atoms with Gasteiger partial charge in [-0.15, -0.1) is 16.4 Å². The second-order valence-corrected chi connectivity index (χ2v) is 7.40. The minimum atomic E-state index is -0.153. The highest BCUT2D eigenvalue weighted by Crippen LogP contribution is 2.26. The van der Waals surface area contributed by atoms with Gasteiger partial charge >= 0.3 is 0 Å². The average molecular weight is 368 g/mol. The van der Waals surface area contributed by atoms with Gasteiger partial charge in [0.05, 0.1) is 22.8 Å². The monoisotopic (exact) mass is 368 g/mol. The second-order valence-electron chi connectivity index (χ2n) is 6.45. The summed E-state index contributed by atoms with van der Waals surface area (Å²) in [7, 11) is 0. The normalized spacial score (nSPS) is 20.3. The molecule has 134 valence electrons. The lowest BCUT2D eigenvalue weighted by atomic mass is 10.2. The predicted octanol–water partition coefficient (Wildman–Crippen LogP) is 3.25. The summed E-state index contributed by atoms with van der Waals surface area (Å²) < 4.78 is 7.46. The minimum absolute atomic E-state index is 0.00988. The maximum Gasteiger partial charge on any atom is 0.293 e. The number of aromatic nitrogens is 3. The van der Waals surface area contributed by atoms with Gasteiger partial charge in [-0.25, -0.2) is 9.67 Å². The molecule has 0 bridgehead atoms. The predicted molar refractivity (Wildman–Crippen MR) is 101 cm³/mol. The number of hydrogen-bond donors (Lipinski definition) is 0. The molecule has 0 N–H and O–H groups in total. The van der Waals surface area contributed by atoms with E-state index in [0.717, 1.165) is 10.6 Å². The van der Waals surface area contributed by atoms with Gasteiger partial charge in [-0.3, -0.25) is 4.79 Å². The van der Waals surface area contributed by atoms with Gasteiger partial charge in [-0.2, -0.15) is 0 Å². The molecule has 0 radical (unpaired) electrons. The lowest BCUT2D eigenvalue weighted by Crippen LogP contribution is -2.48. The van der Waals surface area contributed by atoms with E-state index < -0.39 is 0 Å². The van der Waals surface area contributed by atoms with E-state index in [2.05, 4.69) is 10.1 Å². The van der Waals surface area contributed by atoms with E-state index in [9.17, 15) is 4.79 Å². The number of benzene rings is 1. The molecule has 3 heterocycles. The van der Waals surface area contributed by atoms with E-state index in [4.69, 9.17) is 4.74 Å². The van der Waals surface area contributed by atoms with Crippen molar-refractivity contribution in [3.8, 4) is 16.4 Å². The van der Waals surface area contributed by atoms with Gasteiger partial charge in [0.15, 0.2) is 5.82 Å². The molecule has 2 atom stereocenters. The van der Waals surface area contributed by atoms with Gasteiger partial charge in [-0.1, -0.05) is 24.3 Å². The van der Waals surface area contributed by atoms with Gasteiger partial charge in [0, 0.05) is 13.1 Å². The van der Waals surface area contributed by atoms with Crippen LogP contribution in [-0.4, -0.2) is 50.9 Å². The van der Waals surface area contributed by atoms with Crippen LogP contribution in [0.1, 0.15) is 24.5 Å². The molecule has 1 amide bonds. The zero-order valence-corrected chi connectivity index (χ0v) is 15.5. The number of carbonyl (C=O) groups excluding carboxylic acids is 1. The van der Waals surface area contributed by atoms with Gasteiger partial charge < -0.3 is 9.64 Å². The number of nitrogens with zero attached hydrogens (tertiary/aromatic N) is 4. The first-order valence-corrected chi connectivity index (χ1v) is 9.51. The number of thiophene rings is 1. The van der Waals surface area contributed by atoms with E-state index in [1.54, 1.807) is 20.9 Å². The van der Waals surface area contributed by atoms with Crippen molar-refractivity contribution in [2.45, 2.75) is 26.1 Å². The van der Waals surface area contributed by atoms with Crippen LogP contribution in [-0.2, 0) is 4.74 Å². The van der Waals surface area contributed by atoms with Crippen molar-refractivity contribution >= 4 is 17.2 Å². The van der Waals surface area contributed by atoms with Crippen molar-refractivity contribution in [3.63, 3.8) is 0 Å². The molecule has 26 heavy (non-hydrogen) atoms. The molecule has 2 aromatic heterocycles. The van der Waals surface area contributed by atoms with Crippen molar-refractivity contribution in [3.05, 3.63) is 53.7 Å². The highest BCUT2D eigenvalue weighted by atomic mass is 32.1. The molecule has 1 fully saturated rings. The van der Waals surface area contributed by atoms with E-state index in [-0.39, 0.29) is 23.9 Å². The molecule has 7 heteroatoms. The Morgan fingerprint density at radius 1 is 1.12 bits per heavy atom. The van der Waals surface area contributed by atoms with Crippen molar-refractivity contribution in [1.82, 2.24) is 19.7 Å². The van der Waals surface area contributed by atoms with Crippen LogP contribution in [0.15, 0.2) is 47.8 Å². The molecule has 0 spiro atoms. The molecule has 6 nitrogen and oxygen atoms in total. The Hall–Kier alpha value is -2.51. The number of hydrogen-bond acceptors (Lipinski definition) is 5. The summed E-state index contributed by atoms with van der Waals surface area (Å²) >= 11 is 1.58. The second kappa shape index (κ2) is 7.01. The van der Waals surface area contributed by atoms with Crippen LogP contribution in [0.4, 0.5) is 0 Å². The third kappa shape index (κ3) is 3.27. The molecule has 4 rings (SSSR count). The Morgan fingerprint density at radius 3 is 2.50 bits per heavy atom. The highest BCUT2D eigenvalue weighted by molar-refractivity contribution is 7.13. The van der Waals surface area contributed by atoms with E-state index in [1.807, 2.05) is 61.7 Å². The van der Waals surface area contributed by atoms with Crippen LogP contribution in [0.3, 0.4) is 0 Å². The number of para-hydroxylation sites is 1. The first-order valence-electron chi connectivity index (χ1n) is 8.63. The lowest BCUT2D eigenvalue weighted by molar-refractivity contribution is -0.0588. The Morgan fingerprint density at radius 2 is 1.85 bits per heavy atom. The molecule has 3 aromatic rings. The molecule has 0 saturated carbocycles. The summed E-state index contributed by atoms with van der Waals surface area (Å²) in [5.41, 5.74) is 0.881. The fourth-order valence-corrected chi connectivity index (χ4v) is 3.90. The highest BCUT2D eigenvalue weighted by Gasteiger charge is 2.30. The summed E-state index contributed by atoms with van der Waals surface area (Å²) in [4.78, 5) is 20.3. The molecule has 1 saturated heterocycles. The summed E-state index contributed by atoms with van der Waals surface area (Å²) in [6, 6.07) is 13.7. The number of ether oxygens (including phenoxy) is 1. The minimum Gasteiger partial charge on any atom is -0.372 e. The zero-order chi connectivity index (χ0) is 18.1. The van der Waals surface area contributed by atoms with E-state index >= 15 is 0 Å². The van der Waals surface area contributed by atoms with Crippen molar-refractivity contribution in [2.24, 2.45) is 0 Å². The van der Waals surface area contributed by atoms with E-state index in [1.165, 1.54) is 0 Å². The maximum atomic E-state index is 13.0. The average Bonchev–Trinajstić information content (AvgIpc) is 3.30. The Bertz CT molecular complexity index is 882. The third-order valence-electron chi connectivity index (χ3n) is 4.25. The van der Waals surface area contributed by atoms with E-state index in [0.29, 0.717) is 18.9 Å². The SMILES string of the molecule is CC1CN(C(=O)c2nc(-c3cccs3)n(-c3ccccc3)n2)CC(C)O1. The smallest absolute Gasteiger partial charge is 0.293 e. The summed E-state index contributed by atoms with van der Waals surface area (Å²) in [5.74, 6) is 0.752. The molecular weight excluding hydrogens is 348 g/mol. The Kier molecular flexibility index (Phi) is 4.57. The van der Waals surface area contributed by atoms with Crippen LogP contribution >= 0.6 is 11.3 Å². The van der Waals surface area contributed by atoms with Gasteiger partial charge in [0.25, 0.3) is 5.91 Å². The first kappa shape index (κ1) is 16.9. The van der Waals surface area contributed by atoms with Crippen LogP contribution in [0.2, 0.25) is 0 Å². The van der Waals surface area contributed by atoms with Crippen LogP contribution < -0.4 is 0 Å². The first-order chi connectivity index (χ1) is 12.6. The molecule has 1 aromatic carbocycles. The largest absolute Gasteiger partial charge is 0.372 e. The molecule has 1 aliphatic rings. The summed E-state index contributed by atoms with van der Waals surface area (Å²) in [5, 5.41) is 6.53. The van der Waals surface area contributed by atoms with Gasteiger partial charge in [-0.05, 0) is 37.4 Å². The number of carbonyl (C=O) groups is 1. The molecular formula is C19H20N4O2S. The maximum absolute atomic E-state index is 13.0. The third-order valence-corrected chi connectivity index (χ3v) is 5.11. The number of rotatable bonds is 3. The van der Waals surface area contributed by atoms with Gasteiger partial charge in [0.1, 0.15) is 0 Å². The number of morpholine rings is 1. The van der Waals surface area contributed by atoms with Gasteiger partial charge in [0.2, 0.25) is 5.82 Å². The summed E-state index contributed by atoms with van der Waals surface area (Å²) in [6.45, 7) is 5.06. The number of amides is 1. The van der Waals surface area contributed by atoms with Crippen LogP contribution in [0.25, 0.3) is 16.4 Å². The zero-order valence-electron chi connectivity index (χ0n) is 14.7. The topological polar surface area (TPSA) is 60.2 Å². The van der Waals surface area contributed by atoms with Crippen molar-refractivity contribution in [1.29, 1.82) is 0 Å².